The first-order valence-corrected chi connectivity index (χ1v) is 11.4. The lowest BCUT2D eigenvalue weighted by Gasteiger charge is -2.17. The molecule has 0 saturated heterocycles. The molecule has 0 bridgehead atoms. The van der Waals surface area contributed by atoms with Crippen LogP contribution in [0, 0.1) is 13.8 Å². The highest BCUT2D eigenvalue weighted by molar-refractivity contribution is 6.81. The number of pyridine rings is 1. The average molecular weight is 488 g/mol. The van der Waals surface area contributed by atoms with Crippen LogP contribution in [0.25, 0.3) is 0 Å². The minimum atomic E-state index is -0.801. The molecule has 0 unspecified atom stereocenters. The van der Waals surface area contributed by atoms with Crippen LogP contribution in [0.1, 0.15) is 37.5 Å². The highest BCUT2D eigenvalue weighted by Gasteiger charge is 2.30. The van der Waals surface area contributed by atoms with Crippen molar-refractivity contribution in [2.24, 2.45) is 0 Å². The zero-order valence-electron chi connectivity index (χ0n) is 18.6. The maximum Gasteiger partial charge on any atom is 0.430 e. The lowest BCUT2D eigenvalue weighted by molar-refractivity contribution is 0.0728. The Balaban J connectivity index is 1.74. The van der Waals surface area contributed by atoms with Gasteiger partial charge in [-0.15, -0.1) is 0 Å². The summed E-state index contributed by atoms with van der Waals surface area (Å²) in [5.74, 6) is -1.03. The normalized spacial score (nSPS) is 10.6. The summed E-state index contributed by atoms with van der Waals surface area (Å²) in [4.78, 5) is 30.6. The molecular formula is C27H20BCl2NO3. The summed E-state index contributed by atoms with van der Waals surface area (Å²) in [7, 11) is 0. The molecule has 0 aliphatic rings. The van der Waals surface area contributed by atoms with Gasteiger partial charge in [-0.25, -0.2) is 9.78 Å². The average Bonchev–Trinajstić information content (AvgIpc) is 2.86. The Morgan fingerprint density at radius 1 is 0.794 bits per heavy atom. The fourth-order valence-corrected chi connectivity index (χ4v) is 3.91. The van der Waals surface area contributed by atoms with Gasteiger partial charge in [0.2, 0.25) is 0 Å². The summed E-state index contributed by atoms with van der Waals surface area (Å²) >= 11 is 12.7. The highest BCUT2D eigenvalue weighted by atomic mass is 35.5. The van der Waals surface area contributed by atoms with Crippen molar-refractivity contribution in [2.45, 2.75) is 13.8 Å². The van der Waals surface area contributed by atoms with E-state index >= 15 is 0 Å². The molecule has 0 fully saturated rings. The van der Waals surface area contributed by atoms with Crippen molar-refractivity contribution < 1.29 is 14.2 Å². The van der Waals surface area contributed by atoms with E-state index in [1.165, 1.54) is 6.20 Å². The molecule has 0 aliphatic heterocycles. The molecule has 0 radical (unpaired) electrons. The predicted octanol–water partition coefficient (Wildman–Crippen LogP) is 5.20. The van der Waals surface area contributed by atoms with Gasteiger partial charge >= 0.3 is 12.9 Å². The Labute approximate surface area is 208 Å². The van der Waals surface area contributed by atoms with Crippen molar-refractivity contribution in [3.05, 3.63) is 123 Å². The molecular weight excluding hydrogens is 468 g/mol. The molecule has 4 aromatic rings. The van der Waals surface area contributed by atoms with Crippen LogP contribution >= 0.6 is 23.2 Å². The molecule has 0 atom stereocenters. The van der Waals surface area contributed by atoms with E-state index in [9.17, 15) is 9.59 Å². The fraction of sp³-hybridized carbons (Fsp3) is 0.0741. The molecule has 0 spiro atoms. The minimum Gasteiger partial charge on any atom is -0.521 e. The Bertz CT molecular complexity index is 1320. The number of aryl methyl sites for hydroxylation is 2. The van der Waals surface area contributed by atoms with Crippen LogP contribution in [0.5, 0.6) is 0 Å². The summed E-state index contributed by atoms with van der Waals surface area (Å²) < 4.78 is 5.95. The molecule has 0 amide bonds. The number of carbonyl (C=O) groups excluding carboxylic acids is 2. The largest absolute Gasteiger partial charge is 0.521 e. The van der Waals surface area contributed by atoms with Gasteiger partial charge in [-0.3, -0.25) is 4.79 Å². The molecule has 7 heteroatoms. The maximum atomic E-state index is 13.4. The van der Waals surface area contributed by atoms with Gasteiger partial charge in [-0.2, -0.15) is 0 Å². The number of carbonyl (C=O) groups is 2. The van der Waals surface area contributed by atoms with Gasteiger partial charge < -0.3 is 4.65 Å². The number of hydrogen-bond acceptors (Lipinski definition) is 4. The highest BCUT2D eigenvalue weighted by Crippen LogP contribution is 2.17. The third-order valence-electron chi connectivity index (χ3n) is 5.50. The van der Waals surface area contributed by atoms with Gasteiger partial charge in [-0.05, 0) is 60.2 Å². The summed E-state index contributed by atoms with van der Waals surface area (Å²) in [5.41, 5.74) is 3.72. The molecule has 4 rings (SSSR count). The van der Waals surface area contributed by atoms with Crippen LogP contribution in [-0.4, -0.2) is 23.7 Å². The quantitative estimate of drug-likeness (QED) is 0.277. The van der Waals surface area contributed by atoms with Gasteiger partial charge in [0.05, 0.1) is 5.56 Å². The first kappa shape index (κ1) is 23.7. The zero-order valence-corrected chi connectivity index (χ0v) is 20.1. The monoisotopic (exact) mass is 487 g/mol. The lowest BCUT2D eigenvalue weighted by Crippen LogP contribution is -2.46. The third kappa shape index (κ3) is 5.06. The zero-order chi connectivity index (χ0) is 24.2. The molecule has 34 heavy (non-hydrogen) atoms. The van der Waals surface area contributed by atoms with Gasteiger partial charge in [0.1, 0.15) is 0 Å². The summed E-state index contributed by atoms with van der Waals surface area (Å²) in [6, 6.07) is 22.9. The molecule has 1 heterocycles. The van der Waals surface area contributed by atoms with E-state index in [-0.39, 0.29) is 17.0 Å². The Kier molecular flexibility index (Phi) is 7.16. The van der Waals surface area contributed by atoms with Crippen LogP contribution < -0.4 is 10.9 Å². The molecule has 0 saturated carbocycles. The third-order valence-corrected chi connectivity index (χ3v) is 6.32. The van der Waals surface area contributed by atoms with Crippen LogP contribution in [0.15, 0.2) is 85.1 Å². The van der Waals surface area contributed by atoms with Crippen molar-refractivity contribution in [1.29, 1.82) is 0 Å². The van der Waals surface area contributed by atoms with E-state index in [2.05, 4.69) is 4.98 Å². The molecule has 3 aromatic carbocycles. The minimum absolute atomic E-state index is 0.0576. The summed E-state index contributed by atoms with van der Waals surface area (Å²) in [6.07, 6.45) is 1.46. The Morgan fingerprint density at radius 2 is 1.38 bits per heavy atom. The lowest BCUT2D eigenvalue weighted by atomic mass is 9.55. The standard InChI is InChI=1S/C27H20BCl2NO3/c1-17-10-12-20(15-23(17)29)28(21-13-11-18(2)24(30)16-21)34-27(33)25-22(9-6-14-31-25)26(32)19-7-4-3-5-8-19/h3-16H,1-2H3. The van der Waals surface area contributed by atoms with Crippen LogP contribution in [-0.2, 0) is 4.65 Å². The smallest absolute Gasteiger partial charge is 0.430 e. The van der Waals surface area contributed by atoms with Crippen molar-refractivity contribution in [2.75, 3.05) is 0 Å². The molecule has 0 aliphatic carbocycles. The second kappa shape index (κ2) is 10.2. The van der Waals surface area contributed by atoms with Gasteiger partial charge in [0, 0.05) is 21.8 Å². The maximum absolute atomic E-state index is 13.4. The van der Waals surface area contributed by atoms with Crippen molar-refractivity contribution in [3.63, 3.8) is 0 Å². The van der Waals surface area contributed by atoms with E-state index in [0.29, 0.717) is 26.5 Å². The van der Waals surface area contributed by atoms with Crippen LogP contribution in [0.3, 0.4) is 0 Å². The van der Waals surface area contributed by atoms with Gasteiger partial charge in [0.15, 0.2) is 11.5 Å². The Morgan fingerprint density at radius 3 is 1.94 bits per heavy atom. The number of aromatic nitrogens is 1. The van der Waals surface area contributed by atoms with E-state index in [1.807, 2.05) is 44.2 Å². The van der Waals surface area contributed by atoms with E-state index in [4.69, 9.17) is 27.9 Å². The van der Waals surface area contributed by atoms with Crippen LogP contribution in [0.4, 0.5) is 0 Å². The van der Waals surface area contributed by atoms with Crippen molar-refractivity contribution in [1.82, 2.24) is 4.98 Å². The topological polar surface area (TPSA) is 56.3 Å². The SMILES string of the molecule is Cc1ccc(B(OC(=O)c2ncccc2C(=O)c2ccccc2)c2ccc(C)c(Cl)c2)cc1Cl. The number of nitrogens with zero attached hydrogens (tertiary/aromatic N) is 1. The first-order chi connectivity index (χ1) is 16.3. The number of ketones is 1. The Hall–Kier alpha value is -3.41. The van der Waals surface area contributed by atoms with Crippen molar-refractivity contribution in [3.8, 4) is 0 Å². The predicted molar refractivity (Wildman–Crippen MR) is 137 cm³/mol. The van der Waals surface area contributed by atoms with Crippen LogP contribution in [0.2, 0.25) is 10.0 Å². The first-order valence-electron chi connectivity index (χ1n) is 10.6. The van der Waals surface area contributed by atoms with E-state index < -0.39 is 12.9 Å². The second-order valence-corrected chi connectivity index (χ2v) is 8.71. The number of halogens is 2. The van der Waals surface area contributed by atoms with Gasteiger partial charge in [-0.1, -0.05) is 77.8 Å². The molecule has 0 N–H and O–H groups in total. The summed E-state index contributed by atoms with van der Waals surface area (Å²) in [6.45, 7) is 2.99. The number of rotatable bonds is 6. The summed E-state index contributed by atoms with van der Waals surface area (Å²) in [5, 5.41) is 1.10. The molecule has 4 nitrogen and oxygen atoms in total. The molecule has 1 aromatic heterocycles. The van der Waals surface area contributed by atoms with Gasteiger partial charge in [0.25, 0.3) is 0 Å². The van der Waals surface area contributed by atoms with Crippen molar-refractivity contribution >= 4 is 52.8 Å². The van der Waals surface area contributed by atoms with E-state index in [0.717, 1.165) is 11.1 Å². The fourth-order valence-electron chi connectivity index (χ4n) is 3.53. The second-order valence-electron chi connectivity index (χ2n) is 7.90. The van der Waals surface area contributed by atoms with E-state index in [1.54, 1.807) is 48.5 Å². The number of hydrogen-bond donors (Lipinski definition) is 0. The number of benzene rings is 3. The molecule has 168 valence electrons.